The molecule has 8 aromatic rings. The SMILES string of the molecule is c1cc2ccc3cc(CCCc4ccc5ccc6cccc7ccc4c5c67)cc4ccc(c1)c2c34. The van der Waals surface area contributed by atoms with Crippen molar-refractivity contribution < 1.29 is 0 Å². The number of benzene rings is 8. The summed E-state index contributed by atoms with van der Waals surface area (Å²) in [5.41, 5.74) is 2.90. The lowest BCUT2D eigenvalue weighted by Gasteiger charge is -2.14. The highest BCUT2D eigenvalue weighted by atomic mass is 14.2. The average molecular weight is 445 g/mol. The van der Waals surface area contributed by atoms with Crippen molar-refractivity contribution in [3.8, 4) is 0 Å². The van der Waals surface area contributed by atoms with Crippen LogP contribution in [-0.4, -0.2) is 0 Å². The van der Waals surface area contributed by atoms with Crippen LogP contribution < -0.4 is 0 Å². The quantitative estimate of drug-likeness (QED) is 0.237. The van der Waals surface area contributed by atoms with E-state index in [2.05, 4.69) is 109 Å². The van der Waals surface area contributed by atoms with Gasteiger partial charge in [0.15, 0.2) is 0 Å². The van der Waals surface area contributed by atoms with Crippen LogP contribution in [0.4, 0.5) is 0 Å². The van der Waals surface area contributed by atoms with Crippen molar-refractivity contribution in [2.45, 2.75) is 19.3 Å². The van der Waals surface area contributed by atoms with Crippen LogP contribution >= 0.6 is 0 Å². The Morgan fingerprint density at radius 2 is 0.829 bits per heavy atom. The molecule has 0 atom stereocenters. The molecule has 164 valence electrons. The van der Waals surface area contributed by atoms with Crippen molar-refractivity contribution in [1.82, 2.24) is 0 Å². The molecule has 0 saturated carbocycles. The lowest BCUT2D eigenvalue weighted by molar-refractivity contribution is 0.827. The molecule has 35 heavy (non-hydrogen) atoms. The fourth-order valence-electron chi connectivity index (χ4n) is 6.46. The van der Waals surface area contributed by atoms with E-state index in [9.17, 15) is 0 Å². The predicted molar refractivity (Wildman–Crippen MR) is 152 cm³/mol. The molecule has 0 aliphatic rings. The van der Waals surface area contributed by atoms with Crippen molar-refractivity contribution >= 4 is 64.6 Å². The third kappa shape index (κ3) is 2.80. The van der Waals surface area contributed by atoms with Gasteiger partial charge in [-0.15, -0.1) is 0 Å². The van der Waals surface area contributed by atoms with E-state index in [1.807, 2.05) is 0 Å². The molecule has 0 heterocycles. The molecule has 0 nitrogen and oxygen atoms in total. The van der Waals surface area contributed by atoms with Crippen LogP contribution in [0.15, 0.2) is 109 Å². The van der Waals surface area contributed by atoms with Crippen molar-refractivity contribution in [3.05, 3.63) is 120 Å². The number of aryl methyl sites for hydroxylation is 2. The summed E-state index contributed by atoms with van der Waals surface area (Å²) in [5, 5.41) is 16.5. The molecule has 0 heteroatoms. The highest BCUT2D eigenvalue weighted by Gasteiger charge is 2.12. The number of rotatable bonds is 4. The molecule has 0 fully saturated rings. The summed E-state index contributed by atoms with van der Waals surface area (Å²) in [5.74, 6) is 0. The van der Waals surface area contributed by atoms with Crippen LogP contribution in [0.5, 0.6) is 0 Å². The van der Waals surface area contributed by atoms with E-state index in [4.69, 9.17) is 0 Å². The van der Waals surface area contributed by atoms with E-state index in [1.54, 1.807) is 0 Å². The summed E-state index contributed by atoms with van der Waals surface area (Å²) in [6, 6.07) is 41.1. The zero-order valence-electron chi connectivity index (χ0n) is 19.5. The van der Waals surface area contributed by atoms with Gasteiger partial charge >= 0.3 is 0 Å². The van der Waals surface area contributed by atoms with Gasteiger partial charge in [0.05, 0.1) is 0 Å². The van der Waals surface area contributed by atoms with Crippen molar-refractivity contribution in [3.63, 3.8) is 0 Å². The average Bonchev–Trinajstić information content (AvgIpc) is 2.91. The Morgan fingerprint density at radius 1 is 0.371 bits per heavy atom. The highest BCUT2D eigenvalue weighted by molar-refractivity contribution is 6.24. The maximum atomic E-state index is 2.42. The molecule has 0 unspecified atom stereocenters. The molecule has 0 amide bonds. The summed E-state index contributed by atoms with van der Waals surface area (Å²) in [6.07, 6.45) is 3.34. The second-order valence-corrected chi connectivity index (χ2v) is 10.1. The first-order valence-electron chi connectivity index (χ1n) is 12.7. The van der Waals surface area contributed by atoms with Gasteiger partial charge in [0, 0.05) is 0 Å². The molecule has 0 N–H and O–H groups in total. The van der Waals surface area contributed by atoms with Crippen LogP contribution in [0.25, 0.3) is 64.6 Å². The third-order valence-corrected chi connectivity index (χ3v) is 8.05. The Kier molecular flexibility index (Phi) is 3.93. The first kappa shape index (κ1) is 19.2. The van der Waals surface area contributed by atoms with E-state index in [1.165, 1.54) is 75.8 Å². The van der Waals surface area contributed by atoms with Crippen LogP contribution in [-0.2, 0) is 12.8 Å². The molecule has 0 spiro atoms. The van der Waals surface area contributed by atoms with Crippen LogP contribution in [0.1, 0.15) is 17.5 Å². The van der Waals surface area contributed by atoms with Crippen molar-refractivity contribution in [2.75, 3.05) is 0 Å². The lowest BCUT2D eigenvalue weighted by Crippen LogP contribution is -1.94. The van der Waals surface area contributed by atoms with Gasteiger partial charge in [-0.2, -0.15) is 0 Å². The van der Waals surface area contributed by atoms with Gasteiger partial charge in [-0.3, -0.25) is 0 Å². The molecule has 8 rings (SSSR count). The highest BCUT2D eigenvalue weighted by Crippen LogP contribution is 2.37. The summed E-state index contributed by atoms with van der Waals surface area (Å²) >= 11 is 0. The second-order valence-electron chi connectivity index (χ2n) is 10.1. The van der Waals surface area contributed by atoms with Gasteiger partial charge in [0.1, 0.15) is 0 Å². The Labute approximate surface area is 204 Å². The number of hydrogen-bond donors (Lipinski definition) is 0. The molecular formula is C35H24. The Morgan fingerprint density at radius 3 is 1.46 bits per heavy atom. The largest absolute Gasteiger partial charge is 0.0610 e. The minimum Gasteiger partial charge on any atom is -0.0610 e. The van der Waals surface area contributed by atoms with E-state index >= 15 is 0 Å². The molecule has 8 aromatic carbocycles. The van der Waals surface area contributed by atoms with Crippen molar-refractivity contribution in [1.29, 1.82) is 0 Å². The molecule has 0 aromatic heterocycles. The maximum Gasteiger partial charge on any atom is -0.00240 e. The first-order chi connectivity index (χ1) is 17.3. The third-order valence-electron chi connectivity index (χ3n) is 8.05. The Balaban J connectivity index is 1.16. The van der Waals surface area contributed by atoms with E-state index in [0.717, 1.165) is 19.3 Å². The predicted octanol–water partition coefficient (Wildman–Crippen LogP) is 9.66. The molecule has 0 aliphatic heterocycles. The van der Waals surface area contributed by atoms with Gasteiger partial charge in [0.25, 0.3) is 0 Å². The minimum absolute atomic E-state index is 1.10. The number of hydrogen-bond acceptors (Lipinski definition) is 0. The Bertz CT molecular complexity index is 1950. The standard InChI is InChI=1S/C35H24/c1(4-22-20-29-16-14-24-6-2-7-25-15-17-30(21-22)34(29)32(24)25)5-23-10-11-28-13-12-26-8-3-9-27-18-19-31(23)35(28)33(26)27/h2-3,6-21H,1,4-5H2. The summed E-state index contributed by atoms with van der Waals surface area (Å²) < 4.78 is 0. The first-order valence-corrected chi connectivity index (χ1v) is 12.7. The zero-order chi connectivity index (χ0) is 22.9. The molecular weight excluding hydrogens is 420 g/mol. The van der Waals surface area contributed by atoms with Crippen LogP contribution in [0.3, 0.4) is 0 Å². The summed E-state index contributed by atoms with van der Waals surface area (Å²) in [4.78, 5) is 0. The van der Waals surface area contributed by atoms with Gasteiger partial charge in [-0.1, -0.05) is 109 Å². The van der Waals surface area contributed by atoms with Crippen LogP contribution in [0, 0.1) is 0 Å². The summed E-state index contributed by atoms with van der Waals surface area (Å²) in [7, 11) is 0. The molecule has 0 saturated heterocycles. The zero-order valence-corrected chi connectivity index (χ0v) is 19.5. The molecule has 0 aliphatic carbocycles. The fourth-order valence-corrected chi connectivity index (χ4v) is 6.46. The van der Waals surface area contributed by atoms with E-state index in [-0.39, 0.29) is 0 Å². The second kappa shape index (κ2) is 7.17. The fraction of sp³-hybridized carbons (Fsp3) is 0.0857. The van der Waals surface area contributed by atoms with Gasteiger partial charge < -0.3 is 0 Å². The topological polar surface area (TPSA) is 0 Å². The molecule has 0 radical (unpaired) electrons. The Hall–Kier alpha value is -4.16. The molecule has 0 bridgehead atoms. The normalized spacial score (nSPS) is 12.3. The van der Waals surface area contributed by atoms with Gasteiger partial charge in [-0.25, -0.2) is 0 Å². The minimum atomic E-state index is 1.10. The monoisotopic (exact) mass is 444 g/mol. The van der Waals surface area contributed by atoms with Crippen molar-refractivity contribution in [2.24, 2.45) is 0 Å². The van der Waals surface area contributed by atoms with Crippen LogP contribution in [0.2, 0.25) is 0 Å². The van der Waals surface area contributed by atoms with Gasteiger partial charge in [-0.05, 0) is 95.0 Å². The van der Waals surface area contributed by atoms with Gasteiger partial charge in [0.2, 0.25) is 0 Å². The van der Waals surface area contributed by atoms with E-state index < -0.39 is 0 Å². The van der Waals surface area contributed by atoms with E-state index in [0.29, 0.717) is 0 Å². The lowest BCUT2D eigenvalue weighted by atomic mass is 9.89. The smallest absolute Gasteiger partial charge is 0.00240 e. The summed E-state index contributed by atoms with van der Waals surface area (Å²) in [6.45, 7) is 0. The maximum absolute atomic E-state index is 2.42.